The van der Waals surface area contributed by atoms with E-state index in [1.807, 2.05) is 0 Å². The van der Waals surface area contributed by atoms with E-state index < -0.39 is 23.3 Å². The van der Waals surface area contributed by atoms with Crippen molar-refractivity contribution in [2.75, 3.05) is 5.32 Å². The van der Waals surface area contributed by atoms with Gasteiger partial charge in [0, 0.05) is 19.3 Å². The van der Waals surface area contributed by atoms with Crippen molar-refractivity contribution in [3.05, 3.63) is 76.2 Å². The fraction of sp³-hybridized carbons (Fsp3) is 0.250. The number of carbonyl (C=O) groups is 2. The number of rotatable bonds is 7. The summed E-state index contributed by atoms with van der Waals surface area (Å²) in [6.45, 7) is 5.85. The molecule has 4 aromatic rings. The lowest BCUT2D eigenvalue weighted by Crippen LogP contribution is -2.24. The maximum atomic E-state index is 13.3. The average molecular weight is 512 g/mol. The Kier molecular flexibility index (Phi) is 7.11. The molecule has 3 aromatic heterocycles. The van der Waals surface area contributed by atoms with Crippen molar-refractivity contribution < 1.29 is 18.7 Å². The molecule has 0 aliphatic heterocycles. The van der Waals surface area contributed by atoms with E-state index in [1.54, 1.807) is 39.1 Å². The number of nitrogens with zero attached hydrogens (tertiary/aromatic N) is 4. The summed E-state index contributed by atoms with van der Waals surface area (Å²) in [5.74, 6) is -1.06. The number of anilines is 1. The normalized spacial score (nSPS) is 11.4. The Labute approximate surface area is 210 Å². The summed E-state index contributed by atoms with van der Waals surface area (Å²) in [5.41, 5.74) is 1.93. The van der Waals surface area contributed by atoms with Gasteiger partial charge in [-0.15, -0.1) is 0 Å². The molecule has 0 spiro atoms. The molecule has 1 amide bonds. The summed E-state index contributed by atoms with van der Waals surface area (Å²) in [6, 6.07) is 7.56. The predicted octanol–water partition coefficient (Wildman–Crippen LogP) is 4.04. The summed E-state index contributed by atoms with van der Waals surface area (Å²) >= 11 is 5.79. The Morgan fingerprint density at radius 1 is 1.08 bits per heavy atom. The number of nitrogens with one attached hydrogen (secondary N) is 3. The van der Waals surface area contributed by atoms with Crippen LogP contribution >= 0.6 is 11.6 Å². The number of amides is 1. The summed E-state index contributed by atoms with van der Waals surface area (Å²) < 4.78 is 18.7. The van der Waals surface area contributed by atoms with E-state index in [-0.39, 0.29) is 23.0 Å². The van der Waals surface area contributed by atoms with Crippen LogP contribution in [0, 0.1) is 5.82 Å². The zero-order valence-corrected chi connectivity index (χ0v) is 20.5. The van der Waals surface area contributed by atoms with E-state index in [1.165, 1.54) is 24.5 Å². The van der Waals surface area contributed by atoms with E-state index in [0.717, 1.165) is 5.56 Å². The maximum absolute atomic E-state index is 13.3. The largest absolute Gasteiger partial charge is 0.455 e. The number of aromatic nitrogens is 5. The molecule has 186 valence electrons. The molecule has 1 aromatic carbocycles. The van der Waals surface area contributed by atoms with E-state index in [4.69, 9.17) is 16.3 Å². The number of carbonyl (C=O) groups excluding carboxylic acids is 2. The third-order valence-corrected chi connectivity index (χ3v) is 5.19. The van der Waals surface area contributed by atoms with Gasteiger partial charge in [0.05, 0.1) is 5.02 Å². The highest BCUT2D eigenvalue weighted by atomic mass is 35.5. The Hall–Kier alpha value is -4.12. The highest BCUT2D eigenvalue weighted by molar-refractivity contribution is 6.30. The van der Waals surface area contributed by atoms with Crippen molar-refractivity contribution in [2.24, 2.45) is 0 Å². The van der Waals surface area contributed by atoms with Crippen LogP contribution in [0.5, 0.6) is 0 Å². The van der Waals surface area contributed by atoms with Gasteiger partial charge in [-0.25, -0.2) is 24.1 Å². The molecule has 0 atom stereocenters. The monoisotopic (exact) mass is 511 g/mol. The van der Waals surface area contributed by atoms with Gasteiger partial charge in [-0.1, -0.05) is 23.7 Å². The number of benzene rings is 1. The Bertz CT molecular complexity index is 1420. The van der Waals surface area contributed by atoms with Gasteiger partial charge < -0.3 is 15.4 Å². The first-order chi connectivity index (χ1) is 17.1. The average Bonchev–Trinajstić information content (AvgIpc) is 3.25. The minimum Gasteiger partial charge on any atom is -0.455 e. The summed E-state index contributed by atoms with van der Waals surface area (Å²) in [4.78, 5) is 37.3. The molecule has 0 fully saturated rings. The molecule has 0 radical (unpaired) electrons. The van der Waals surface area contributed by atoms with E-state index in [0.29, 0.717) is 29.0 Å². The molecular weight excluding hydrogens is 489 g/mol. The van der Waals surface area contributed by atoms with Gasteiger partial charge in [-0.2, -0.15) is 5.10 Å². The zero-order chi connectivity index (χ0) is 25.9. The van der Waals surface area contributed by atoms with Gasteiger partial charge in [0.15, 0.2) is 11.5 Å². The van der Waals surface area contributed by atoms with Gasteiger partial charge in [0.2, 0.25) is 0 Å². The number of hydrogen-bond acceptors (Lipinski definition) is 8. The molecule has 0 aliphatic carbocycles. The Balaban J connectivity index is 1.41. The Morgan fingerprint density at radius 2 is 1.86 bits per heavy atom. The number of halogens is 2. The number of esters is 1. The summed E-state index contributed by atoms with van der Waals surface area (Å²) in [7, 11) is 0. The van der Waals surface area contributed by atoms with Crippen LogP contribution in [0.1, 0.15) is 52.9 Å². The second-order valence-electron chi connectivity index (χ2n) is 8.86. The SMILES string of the molecule is CC(C)(C)OC(=O)c1ccc(CNc2n[nH]c3c(C(=O)NCc4ccc(F)c(Cl)c4)ncnc23)cn1. The van der Waals surface area contributed by atoms with E-state index in [2.05, 4.69) is 35.8 Å². The Morgan fingerprint density at radius 3 is 2.56 bits per heavy atom. The van der Waals surface area contributed by atoms with Crippen molar-refractivity contribution in [1.82, 2.24) is 30.5 Å². The number of aromatic amines is 1. The smallest absolute Gasteiger partial charge is 0.357 e. The molecule has 36 heavy (non-hydrogen) atoms. The van der Waals surface area contributed by atoms with Crippen LogP contribution in [0.15, 0.2) is 42.9 Å². The molecule has 0 aliphatic rings. The second-order valence-corrected chi connectivity index (χ2v) is 9.26. The predicted molar refractivity (Wildman–Crippen MR) is 131 cm³/mol. The first-order valence-corrected chi connectivity index (χ1v) is 11.3. The lowest BCUT2D eigenvalue weighted by Gasteiger charge is -2.19. The fourth-order valence-electron chi connectivity index (χ4n) is 3.21. The third-order valence-electron chi connectivity index (χ3n) is 4.90. The van der Waals surface area contributed by atoms with Crippen LogP contribution in [-0.2, 0) is 17.8 Å². The molecule has 10 nitrogen and oxygen atoms in total. The first-order valence-electron chi connectivity index (χ1n) is 10.9. The lowest BCUT2D eigenvalue weighted by molar-refractivity contribution is 0.00627. The van der Waals surface area contributed by atoms with Crippen LogP contribution in [-0.4, -0.2) is 42.6 Å². The van der Waals surface area contributed by atoms with Crippen LogP contribution in [0.3, 0.4) is 0 Å². The molecule has 0 saturated heterocycles. The number of fused-ring (bicyclic) bond motifs is 1. The molecule has 3 N–H and O–H groups in total. The standard InChI is InChI=1S/C24H23ClFN7O3/c1-24(2,3)36-23(35)17-7-5-14(10-27-17)11-28-21-19-18(32-33-21)20(31-12-30-19)22(34)29-9-13-4-6-16(26)15(25)8-13/h4-8,10,12H,9,11H2,1-3H3,(H,29,34)(H2,28,32,33). The summed E-state index contributed by atoms with van der Waals surface area (Å²) in [6.07, 6.45) is 2.83. The van der Waals surface area contributed by atoms with Gasteiger partial charge in [-0.3, -0.25) is 9.89 Å². The number of ether oxygens (including phenoxy) is 1. The zero-order valence-electron chi connectivity index (χ0n) is 19.7. The van der Waals surface area contributed by atoms with Crippen molar-refractivity contribution in [1.29, 1.82) is 0 Å². The van der Waals surface area contributed by atoms with Crippen LogP contribution < -0.4 is 10.6 Å². The van der Waals surface area contributed by atoms with Gasteiger partial charge >= 0.3 is 5.97 Å². The van der Waals surface area contributed by atoms with Gasteiger partial charge in [-0.05, 0) is 50.1 Å². The highest BCUT2D eigenvalue weighted by Crippen LogP contribution is 2.21. The van der Waals surface area contributed by atoms with Crippen molar-refractivity contribution in [3.63, 3.8) is 0 Å². The topological polar surface area (TPSA) is 135 Å². The van der Waals surface area contributed by atoms with Crippen LogP contribution in [0.2, 0.25) is 5.02 Å². The molecular formula is C24H23ClFN7O3. The molecule has 3 heterocycles. The quantitative estimate of drug-likeness (QED) is 0.316. The van der Waals surface area contributed by atoms with Crippen LogP contribution in [0.4, 0.5) is 10.2 Å². The minimum atomic E-state index is -0.605. The van der Waals surface area contributed by atoms with Crippen molar-refractivity contribution in [2.45, 2.75) is 39.5 Å². The molecule has 0 unspecified atom stereocenters. The first kappa shape index (κ1) is 25.0. The van der Waals surface area contributed by atoms with E-state index in [9.17, 15) is 14.0 Å². The number of H-pyrrole nitrogens is 1. The molecule has 0 bridgehead atoms. The van der Waals surface area contributed by atoms with Crippen molar-refractivity contribution in [3.8, 4) is 0 Å². The van der Waals surface area contributed by atoms with Gasteiger partial charge in [0.1, 0.15) is 34.5 Å². The van der Waals surface area contributed by atoms with E-state index >= 15 is 0 Å². The van der Waals surface area contributed by atoms with Crippen molar-refractivity contribution >= 4 is 40.3 Å². The van der Waals surface area contributed by atoms with Crippen LogP contribution in [0.25, 0.3) is 11.0 Å². The molecule has 4 rings (SSSR count). The number of pyridine rings is 1. The van der Waals surface area contributed by atoms with Gasteiger partial charge in [0.25, 0.3) is 5.91 Å². The fourth-order valence-corrected chi connectivity index (χ4v) is 3.42. The minimum absolute atomic E-state index is 0.0230. The lowest BCUT2D eigenvalue weighted by atomic mass is 10.2. The highest BCUT2D eigenvalue weighted by Gasteiger charge is 2.19. The number of hydrogen-bond donors (Lipinski definition) is 3. The second kappa shape index (κ2) is 10.2. The molecule has 0 saturated carbocycles. The summed E-state index contributed by atoms with van der Waals surface area (Å²) in [5, 5.41) is 12.8. The third kappa shape index (κ3) is 5.92. The molecule has 12 heteroatoms. The maximum Gasteiger partial charge on any atom is 0.357 e.